The van der Waals surface area contributed by atoms with Crippen LogP contribution in [0.2, 0.25) is 0 Å². The van der Waals surface area contributed by atoms with Crippen LogP contribution in [-0.4, -0.2) is 62.2 Å². The highest BCUT2D eigenvalue weighted by Crippen LogP contribution is 2.27. The van der Waals surface area contributed by atoms with Crippen molar-refractivity contribution in [3.63, 3.8) is 0 Å². The molecule has 3 nitrogen and oxygen atoms in total. The highest BCUT2D eigenvalue weighted by Gasteiger charge is 2.30. The van der Waals surface area contributed by atoms with Crippen LogP contribution in [0.25, 0.3) is 0 Å². The van der Waals surface area contributed by atoms with E-state index in [1.54, 1.807) is 0 Å². The summed E-state index contributed by atoms with van der Waals surface area (Å²) in [6.45, 7) is 7.28. The van der Waals surface area contributed by atoms with Gasteiger partial charge in [0.1, 0.15) is 0 Å². The van der Waals surface area contributed by atoms with Crippen LogP contribution in [0.15, 0.2) is 0 Å². The van der Waals surface area contributed by atoms with E-state index in [0.29, 0.717) is 0 Å². The lowest BCUT2D eigenvalue weighted by Gasteiger charge is -2.38. The van der Waals surface area contributed by atoms with Gasteiger partial charge >= 0.3 is 0 Å². The molecule has 0 aromatic carbocycles. The molecule has 3 unspecified atom stereocenters. The number of likely N-dealkylation sites (N-methyl/N-ethyl adjacent to an activating group) is 1. The maximum atomic E-state index is 3.68. The third kappa shape index (κ3) is 3.69. The minimum atomic E-state index is 0.776. The van der Waals surface area contributed by atoms with E-state index in [0.717, 1.165) is 24.5 Å². The molecule has 1 saturated carbocycles. The third-order valence-electron chi connectivity index (χ3n) is 4.83. The fraction of sp³-hybridized carbons (Fsp3) is 1.00. The van der Waals surface area contributed by atoms with Crippen LogP contribution in [0.5, 0.6) is 0 Å². The molecule has 1 aliphatic heterocycles. The van der Waals surface area contributed by atoms with Crippen LogP contribution in [-0.2, 0) is 0 Å². The predicted octanol–water partition coefficient (Wildman–Crippen LogP) is 1.79. The lowest BCUT2D eigenvalue weighted by atomic mass is 9.99. The minimum absolute atomic E-state index is 0.776. The number of piperidine rings is 1. The molecule has 1 N–H and O–H groups in total. The molecule has 1 saturated heterocycles. The zero-order valence-corrected chi connectivity index (χ0v) is 12.5. The molecule has 0 amide bonds. The Bertz CT molecular complexity index is 242. The summed E-state index contributed by atoms with van der Waals surface area (Å²) in [6, 6.07) is 1.56. The summed E-state index contributed by atoms with van der Waals surface area (Å²) in [7, 11) is 4.45. The average Bonchev–Trinajstić information content (AvgIpc) is 2.77. The van der Waals surface area contributed by atoms with Crippen LogP contribution in [0.1, 0.15) is 39.0 Å². The van der Waals surface area contributed by atoms with Crippen LogP contribution >= 0.6 is 0 Å². The summed E-state index contributed by atoms with van der Waals surface area (Å²) < 4.78 is 0. The fourth-order valence-corrected chi connectivity index (χ4v) is 3.74. The number of nitrogens with one attached hydrogen (secondary N) is 1. The van der Waals surface area contributed by atoms with Crippen molar-refractivity contribution in [3.05, 3.63) is 0 Å². The molecule has 106 valence electrons. The molecule has 18 heavy (non-hydrogen) atoms. The zero-order valence-electron chi connectivity index (χ0n) is 12.5. The Balaban J connectivity index is 1.81. The molecular formula is C15H31N3. The largest absolute Gasteiger partial charge is 0.314 e. The van der Waals surface area contributed by atoms with Gasteiger partial charge in [-0.15, -0.1) is 0 Å². The van der Waals surface area contributed by atoms with Crippen LogP contribution in [0.4, 0.5) is 0 Å². The molecule has 1 aliphatic carbocycles. The summed E-state index contributed by atoms with van der Waals surface area (Å²) in [6.07, 6.45) is 7.00. The molecule has 0 radical (unpaired) electrons. The number of hydrogen-bond donors (Lipinski definition) is 1. The van der Waals surface area contributed by atoms with Crippen LogP contribution < -0.4 is 5.32 Å². The van der Waals surface area contributed by atoms with E-state index < -0.39 is 0 Å². The van der Waals surface area contributed by atoms with Crippen molar-refractivity contribution in [2.45, 2.75) is 51.1 Å². The van der Waals surface area contributed by atoms with Gasteiger partial charge in [0, 0.05) is 25.2 Å². The normalized spacial score (nSPS) is 34.3. The first-order valence-corrected chi connectivity index (χ1v) is 7.83. The molecular weight excluding hydrogens is 222 g/mol. The molecule has 2 fully saturated rings. The van der Waals surface area contributed by atoms with Gasteiger partial charge in [-0.25, -0.2) is 0 Å². The Labute approximate surface area is 113 Å². The van der Waals surface area contributed by atoms with Gasteiger partial charge in [0.05, 0.1) is 0 Å². The zero-order chi connectivity index (χ0) is 13.0. The van der Waals surface area contributed by atoms with Crippen molar-refractivity contribution in [2.24, 2.45) is 5.92 Å². The van der Waals surface area contributed by atoms with E-state index in [-0.39, 0.29) is 0 Å². The monoisotopic (exact) mass is 253 g/mol. The highest BCUT2D eigenvalue weighted by molar-refractivity contribution is 4.87. The molecule has 2 aliphatic rings. The first-order valence-electron chi connectivity index (χ1n) is 7.83. The molecule has 2 rings (SSSR count). The Morgan fingerprint density at radius 1 is 1.17 bits per heavy atom. The Hall–Kier alpha value is -0.120. The van der Waals surface area contributed by atoms with Crippen molar-refractivity contribution in [3.8, 4) is 0 Å². The minimum Gasteiger partial charge on any atom is -0.314 e. The van der Waals surface area contributed by atoms with Gasteiger partial charge in [0.2, 0.25) is 0 Å². The van der Waals surface area contributed by atoms with E-state index in [1.807, 2.05) is 0 Å². The number of nitrogens with zero attached hydrogens (tertiary/aromatic N) is 2. The quantitative estimate of drug-likeness (QED) is 0.806. The lowest BCUT2D eigenvalue weighted by molar-refractivity contribution is 0.114. The lowest BCUT2D eigenvalue weighted by Crippen LogP contribution is -2.48. The Kier molecular flexibility index (Phi) is 5.46. The van der Waals surface area contributed by atoms with Crippen molar-refractivity contribution >= 4 is 0 Å². The van der Waals surface area contributed by atoms with Crippen LogP contribution in [0, 0.1) is 5.92 Å². The van der Waals surface area contributed by atoms with Gasteiger partial charge in [0.15, 0.2) is 0 Å². The van der Waals surface area contributed by atoms with Gasteiger partial charge in [-0.2, -0.15) is 0 Å². The van der Waals surface area contributed by atoms with E-state index >= 15 is 0 Å². The number of likely N-dealkylation sites (tertiary alicyclic amines) is 1. The summed E-state index contributed by atoms with van der Waals surface area (Å²) in [5.41, 5.74) is 0. The van der Waals surface area contributed by atoms with Gasteiger partial charge < -0.3 is 15.1 Å². The second-order valence-electron chi connectivity index (χ2n) is 6.37. The van der Waals surface area contributed by atoms with Gasteiger partial charge in [0.25, 0.3) is 0 Å². The average molecular weight is 253 g/mol. The smallest absolute Gasteiger partial charge is 0.0217 e. The second-order valence-corrected chi connectivity index (χ2v) is 6.37. The van der Waals surface area contributed by atoms with E-state index in [1.165, 1.54) is 51.7 Å². The molecule has 3 heteroatoms. The second kappa shape index (κ2) is 6.88. The summed E-state index contributed by atoms with van der Waals surface area (Å²) in [5, 5.41) is 3.68. The Morgan fingerprint density at radius 2 is 2.00 bits per heavy atom. The van der Waals surface area contributed by atoms with Gasteiger partial charge in [-0.1, -0.05) is 13.3 Å². The molecule has 0 aromatic rings. The topological polar surface area (TPSA) is 18.5 Å². The van der Waals surface area contributed by atoms with Crippen molar-refractivity contribution < 1.29 is 0 Å². The first-order chi connectivity index (χ1) is 8.70. The van der Waals surface area contributed by atoms with E-state index in [4.69, 9.17) is 0 Å². The molecule has 0 bridgehead atoms. The first kappa shape index (κ1) is 14.3. The van der Waals surface area contributed by atoms with Crippen LogP contribution in [0.3, 0.4) is 0 Å². The van der Waals surface area contributed by atoms with E-state index in [2.05, 4.69) is 36.1 Å². The van der Waals surface area contributed by atoms with Crippen molar-refractivity contribution in [2.75, 3.05) is 40.3 Å². The SMILES string of the molecule is CCNC1CCCC1CN1CCCC(N(C)C)C1. The van der Waals surface area contributed by atoms with Gasteiger partial charge in [-0.05, 0) is 58.8 Å². The summed E-state index contributed by atoms with van der Waals surface area (Å²) in [5.74, 6) is 0.894. The predicted molar refractivity (Wildman–Crippen MR) is 78.0 cm³/mol. The summed E-state index contributed by atoms with van der Waals surface area (Å²) >= 11 is 0. The Morgan fingerprint density at radius 3 is 2.72 bits per heavy atom. The highest BCUT2D eigenvalue weighted by atomic mass is 15.2. The van der Waals surface area contributed by atoms with Crippen molar-refractivity contribution in [1.29, 1.82) is 0 Å². The third-order valence-corrected chi connectivity index (χ3v) is 4.83. The maximum Gasteiger partial charge on any atom is 0.0217 e. The number of rotatable bonds is 5. The standard InChI is InChI=1S/C15H31N3/c1-4-16-15-9-5-7-13(15)11-18-10-6-8-14(12-18)17(2)3/h13-16H,4-12H2,1-3H3. The van der Waals surface area contributed by atoms with E-state index in [9.17, 15) is 0 Å². The van der Waals surface area contributed by atoms with Gasteiger partial charge in [-0.3, -0.25) is 0 Å². The fourth-order valence-electron chi connectivity index (χ4n) is 3.74. The number of hydrogen-bond acceptors (Lipinski definition) is 3. The van der Waals surface area contributed by atoms with Crippen molar-refractivity contribution in [1.82, 2.24) is 15.1 Å². The summed E-state index contributed by atoms with van der Waals surface area (Å²) in [4.78, 5) is 5.12. The molecule has 0 spiro atoms. The molecule has 1 heterocycles. The molecule has 0 aromatic heterocycles. The molecule has 3 atom stereocenters. The maximum absolute atomic E-state index is 3.68.